The highest BCUT2D eigenvalue weighted by atomic mass is 16.4. The van der Waals surface area contributed by atoms with Crippen molar-refractivity contribution in [2.24, 2.45) is 5.92 Å². The maximum Gasteiger partial charge on any atom is 0.337 e. The lowest BCUT2D eigenvalue weighted by atomic mass is 10.2. The van der Waals surface area contributed by atoms with Crippen LogP contribution in [0.5, 0.6) is 0 Å². The van der Waals surface area contributed by atoms with Gasteiger partial charge in [0.1, 0.15) is 0 Å². The minimum absolute atomic E-state index is 0.0423. The Labute approximate surface area is 92.5 Å². The van der Waals surface area contributed by atoms with Gasteiger partial charge in [0.15, 0.2) is 0 Å². The third kappa shape index (κ3) is 2.56. The Kier molecular flexibility index (Phi) is 2.85. The molecule has 0 spiro atoms. The third-order valence-corrected chi connectivity index (χ3v) is 2.46. The molecule has 0 aromatic carbocycles. The van der Waals surface area contributed by atoms with E-state index in [9.17, 15) is 9.59 Å². The fraction of sp³-hybridized carbons (Fsp3) is 0.364. The topological polar surface area (TPSA) is 79.3 Å². The molecule has 1 saturated carbocycles. The summed E-state index contributed by atoms with van der Waals surface area (Å²) in [5.74, 6) is -0.806. The number of carboxylic acid groups (broad SMARTS) is 1. The summed E-state index contributed by atoms with van der Waals surface area (Å²) in [5.41, 5.74) is 0.840. The third-order valence-electron chi connectivity index (χ3n) is 2.46. The number of hydrogen-bond donors (Lipinski definition) is 2. The number of rotatable bonds is 4. The van der Waals surface area contributed by atoms with Crippen LogP contribution in [-0.2, 0) is 11.3 Å². The summed E-state index contributed by atoms with van der Waals surface area (Å²) in [4.78, 5) is 25.8. The van der Waals surface area contributed by atoms with E-state index >= 15 is 0 Å². The van der Waals surface area contributed by atoms with Gasteiger partial charge in [-0.25, -0.2) is 4.79 Å². The molecular formula is C11H12N2O3. The van der Waals surface area contributed by atoms with Gasteiger partial charge in [-0.3, -0.25) is 9.78 Å². The van der Waals surface area contributed by atoms with Crippen molar-refractivity contribution in [3.05, 3.63) is 29.6 Å². The van der Waals surface area contributed by atoms with E-state index < -0.39 is 5.97 Å². The van der Waals surface area contributed by atoms with Gasteiger partial charge >= 0.3 is 5.97 Å². The Morgan fingerprint density at radius 3 is 2.81 bits per heavy atom. The van der Waals surface area contributed by atoms with Gasteiger partial charge in [-0.2, -0.15) is 0 Å². The molecule has 0 saturated heterocycles. The van der Waals surface area contributed by atoms with Crippen LogP contribution in [0.1, 0.15) is 28.8 Å². The Bertz CT molecular complexity index is 427. The first-order chi connectivity index (χ1) is 7.66. The average Bonchev–Trinajstić information content (AvgIpc) is 3.10. The highest BCUT2D eigenvalue weighted by Gasteiger charge is 2.29. The number of carbonyl (C=O) groups excluding carboxylic acids is 1. The molecule has 0 atom stereocenters. The summed E-state index contributed by atoms with van der Waals surface area (Å²) < 4.78 is 0. The molecule has 1 amide bonds. The van der Waals surface area contributed by atoms with Gasteiger partial charge in [-0.05, 0) is 24.5 Å². The second-order valence-corrected chi connectivity index (χ2v) is 3.88. The summed E-state index contributed by atoms with van der Waals surface area (Å²) in [6, 6.07) is 1.52. The molecule has 5 nitrogen and oxygen atoms in total. The fourth-order valence-electron chi connectivity index (χ4n) is 1.38. The number of nitrogens with one attached hydrogen (secondary N) is 1. The minimum Gasteiger partial charge on any atom is -0.478 e. The fourth-order valence-corrected chi connectivity index (χ4v) is 1.38. The second-order valence-electron chi connectivity index (χ2n) is 3.88. The maximum absolute atomic E-state index is 11.3. The summed E-state index contributed by atoms with van der Waals surface area (Å²) in [7, 11) is 0. The molecule has 2 rings (SSSR count). The van der Waals surface area contributed by atoms with Crippen LogP contribution in [0, 0.1) is 5.92 Å². The predicted molar refractivity (Wildman–Crippen MR) is 55.8 cm³/mol. The monoisotopic (exact) mass is 220 g/mol. The van der Waals surface area contributed by atoms with Crippen molar-refractivity contribution in [1.82, 2.24) is 10.3 Å². The molecule has 84 valence electrons. The van der Waals surface area contributed by atoms with Crippen molar-refractivity contribution in [3.8, 4) is 0 Å². The van der Waals surface area contributed by atoms with Crippen LogP contribution in [0.3, 0.4) is 0 Å². The first-order valence-electron chi connectivity index (χ1n) is 5.12. The first kappa shape index (κ1) is 10.6. The molecule has 0 aliphatic heterocycles. The van der Waals surface area contributed by atoms with Gasteiger partial charge in [0.05, 0.1) is 5.56 Å². The molecule has 1 aliphatic rings. The van der Waals surface area contributed by atoms with Crippen molar-refractivity contribution < 1.29 is 14.7 Å². The van der Waals surface area contributed by atoms with Crippen LogP contribution in [-0.4, -0.2) is 22.0 Å². The first-order valence-corrected chi connectivity index (χ1v) is 5.12. The van der Waals surface area contributed by atoms with Crippen LogP contribution in [0.4, 0.5) is 0 Å². The van der Waals surface area contributed by atoms with Crippen molar-refractivity contribution in [3.63, 3.8) is 0 Å². The Hall–Kier alpha value is -1.91. The van der Waals surface area contributed by atoms with Crippen molar-refractivity contribution in [1.29, 1.82) is 0 Å². The van der Waals surface area contributed by atoms with Crippen LogP contribution in [0.15, 0.2) is 18.5 Å². The lowest BCUT2D eigenvalue weighted by Crippen LogP contribution is -2.24. The van der Waals surface area contributed by atoms with Crippen LogP contribution in [0.2, 0.25) is 0 Å². The molecule has 0 radical (unpaired) electrons. The predicted octanol–water partition coefficient (Wildman–Crippen LogP) is 0.806. The molecule has 1 aromatic rings. The number of aromatic carboxylic acids is 1. The minimum atomic E-state index is -1.01. The SMILES string of the molecule is O=C(O)c1cncc(CNC(=O)C2CC2)c1. The summed E-state index contributed by atoms with van der Waals surface area (Å²) in [5, 5.41) is 11.5. The molecular weight excluding hydrogens is 208 g/mol. The molecule has 1 heterocycles. The molecule has 0 bridgehead atoms. The van der Waals surface area contributed by atoms with Crippen LogP contribution < -0.4 is 5.32 Å². The molecule has 1 aromatic heterocycles. The van der Waals surface area contributed by atoms with Gasteiger partial charge in [0.2, 0.25) is 5.91 Å². The number of carboxylic acids is 1. The number of hydrogen-bond acceptors (Lipinski definition) is 3. The number of pyridine rings is 1. The van der Waals surface area contributed by atoms with Gasteiger partial charge in [0, 0.05) is 24.9 Å². The summed E-state index contributed by atoms with van der Waals surface area (Å²) >= 11 is 0. The van der Waals surface area contributed by atoms with E-state index in [1.807, 2.05) is 0 Å². The normalized spacial score (nSPS) is 14.5. The van der Waals surface area contributed by atoms with Crippen molar-refractivity contribution in [2.75, 3.05) is 0 Å². The zero-order valence-electron chi connectivity index (χ0n) is 8.64. The van der Waals surface area contributed by atoms with Crippen molar-refractivity contribution >= 4 is 11.9 Å². The van der Waals surface area contributed by atoms with E-state index in [1.54, 1.807) is 6.20 Å². The lowest BCUT2D eigenvalue weighted by Gasteiger charge is -2.04. The molecule has 2 N–H and O–H groups in total. The Balaban J connectivity index is 1.95. The van der Waals surface area contributed by atoms with Gasteiger partial charge < -0.3 is 10.4 Å². The second kappa shape index (κ2) is 4.30. The molecule has 0 unspecified atom stereocenters. The summed E-state index contributed by atoms with van der Waals surface area (Å²) in [6.07, 6.45) is 4.76. The van der Waals surface area contributed by atoms with E-state index in [2.05, 4.69) is 10.3 Å². The Morgan fingerprint density at radius 2 is 2.19 bits per heavy atom. The highest BCUT2D eigenvalue weighted by Crippen LogP contribution is 2.28. The maximum atomic E-state index is 11.3. The zero-order valence-corrected chi connectivity index (χ0v) is 8.64. The van der Waals surface area contributed by atoms with E-state index in [0.29, 0.717) is 12.1 Å². The summed E-state index contributed by atoms with van der Waals surface area (Å²) in [6.45, 7) is 0.337. The highest BCUT2D eigenvalue weighted by molar-refractivity contribution is 5.87. The van der Waals surface area contributed by atoms with Crippen LogP contribution in [0.25, 0.3) is 0 Å². The quantitative estimate of drug-likeness (QED) is 0.786. The largest absolute Gasteiger partial charge is 0.478 e. The van der Waals surface area contributed by atoms with E-state index in [-0.39, 0.29) is 17.4 Å². The lowest BCUT2D eigenvalue weighted by molar-refractivity contribution is -0.122. The van der Waals surface area contributed by atoms with E-state index in [1.165, 1.54) is 12.3 Å². The number of nitrogens with zero attached hydrogens (tertiary/aromatic N) is 1. The zero-order chi connectivity index (χ0) is 11.5. The van der Waals surface area contributed by atoms with Crippen LogP contribution >= 0.6 is 0 Å². The molecule has 1 aliphatic carbocycles. The van der Waals surface area contributed by atoms with E-state index in [0.717, 1.165) is 12.8 Å². The van der Waals surface area contributed by atoms with Gasteiger partial charge in [0.25, 0.3) is 0 Å². The average molecular weight is 220 g/mol. The van der Waals surface area contributed by atoms with Crippen molar-refractivity contribution in [2.45, 2.75) is 19.4 Å². The van der Waals surface area contributed by atoms with Gasteiger partial charge in [-0.15, -0.1) is 0 Å². The van der Waals surface area contributed by atoms with E-state index in [4.69, 9.17) is 5.11 Å². The van der Waals surface area contributed by atoms with Gasteiger partial charge in [-0.1, -0.05) is 0 Å². The molecule has 16 heavy (non-hydrogen) atoms. The molecule has 1 fully saturated rings. The molecule has 5 heteroatoms. The smallest absolute Gasteiger partial charge is 0.337 e. The number of amides is 1. The number of aromatic nitrogens is 1. The standard InChI is InChI=1S/C11H12N2O3/c14-10(8-1-2-8)13-5-7-3-9(11(15)16)6-12-4-7/h3-4,6,8H,1-2,5H2,(H,13,14)(H,15,16). The number of carbonyl (C=O) groups is 2. The Morgan fingerprint density at radius 1 is 1.44 bits per heavy atom.